The molecule has 0 aliphatic heterocycles. The maximum Gasteiger partial charge on any atom is 0.329 e. The maximum absolute atomic E-state index is 10.7. The Labute approximate surface area is 66.5 Å². The van der Waals surface area contributed by atoms with Gasteiger partial charge in [0, 0.05) is 27.3 Å². The van der Waals surface area contributed by atoms with E-state index in [1.807, 2.05) is 0 Å². The van der Waals surface area contributed by atoms with Crippen molar-refractivity contribution in [3.63, 3.8) is 0 Å². The summed E-state index contributed by atoms with van der Waals surface area (Å²) in [5.74, 6) is 0. The van der Waals surface area contributed by atoms with Crippen molar-refractivity contribution in [3.05, 3.63) is 0 Å². The molecule has 0 spiro atoms. The number of amides is 2. The van der Waals surface area contributed by atoms with Gasteiger partial charge in [-0.15, -0.1) is 0 Å². The molecule has 0 fully saturated rings. The molecule has 3 N–H and O–H groups in total. The van der Waals surface area contributed by atoms with Gasteiger partial charge in [-0.2, -0.15) is 0 Å². The molecule has 5 nitrogen and oxygen atoms in total. The van der Waals surface area contributed by atoms with Crippen LogP contribution in [0.2, 0.25) is 0 Å². The number of rotatable bonds is 5. The minimum atomic E-state index is -0.219. The van der Waals surface area contributed by atoms with Gasteiger partial charge in [0.05, 0.1) is 0 Å². The zero-order valence-corrected chi connectivity index (χ0v) is 6.94. The van der Waals surface area contributed by atoms with Gasteiger partial charge < -0.3 is 10.1 Å². The van der Waals surface area contributed by atoms with Crippen LogP contribution in [0, 0.1) is 0 Å². The highest BCUT2D eigenvalue weighted by Gasteiger charge is 1.94. The van der Waals surface area contributed by atoms with Crippen LogP contribution in [-0.2, 0) is 4.74 Å². The SMILES string of the molecule is CNNC(=O)NCCCOC. The topological polar surface area (TPSA) is 62.4 Å². The van der Waals surface area contributed by atoms with Crippen LogP contribution in [0.3, 0.4) is 0 Å². The summed E-state index contributed by atoms with van der Waals surface area (Å²) in [5, 5.41) is 2.63. The van der Waals surface area contributed by atoms with E-state index >= 15 is 0 Å². The Balaban J connectivity index is 3.04. The van der Waals surface area contributed by atoms with Crippen LogP contribution in [0.5, 0.6) is 0 Å². The molecule has 0 rings (SSSR count). The second kappa shape index (κ2) is 7.30. The largest absolute Gasteiger partial charge is 0.385 e. The fourth-order valence-electron chi connectivity index (χ4n) is 0.576. The van der Waals surface area contributed by atoms with E-state index in [4.69, 9.17) is 4.74 Å². The molecule has 0 unspecified atom stereocenters. The van der Waals surface area contributed by atoms with Crippen LogP contribution >= 0.6 is 0 Å². The van der Waals surface area contributed by atoms with Crippen LogP contribution in [0.4, 0.5) is 4.79 Å². The third kappa shape index (κ3) is 7.08. The number of methoxy groups -OCH3 is 1. The van der Waals surface area contributed by atoms with Crippen LogP contribution in [0.25, 0.3) is 0 Å². The number of carbonyl (C=O) groups excluding carboxylic acids is 1. The van der Waals surface area contributed by atoms with E-state index in [1.54, 1.807) is 14.2 Å². The third-order valence-electron chi connectivity index (χ3n) is 1.05. The summed E-state index contributed by atoms with van der Waals surface area (Å²) in [4.78, 5) is 10.7. The summed E-state index contributed by atoms with van der Waals surface area (Å²) in [6.07, 6.45) is 0.827. The number of hydrogen-bond acceptors (Lipinski definition) is 3. The Bertz CT molecular complexity index is 108. The Hall–Kier alpha value is -0.810. The first-order valence-corrected chi connectivity index (χ1v) is 3.50. The fourth-order valence-corrected chi connectivity index (χ4v) is 0.576. The van der Waals surface area contributed by atoms with Crippen molar-refractivity contribution in [2.75, 3.05) is 27.3 Å². The zero-order valence-electron chi connectivity index (χ0n) is 6.94. The van der Waals surface area contributed by atoms with Gasteiger partial charge in [-0.1, -0.05) is 0 Å². The Morgan fingerprint density at radius 1 is 1.55 bits per heavy atom. The highest BCUT2D eigenvalue weighted by molar-refractivity contribution is 5.73. The highest BCUT2D eigenvalue weighted by atomic mass is 16.5. The van der Waals surface area contributed by atoms with Gasteiger partial charge in [0.15, 0.2) is 0 Å². The molecule has 11 heavy (non-hydrogen) atoms. The monoisotopic (exact) mass is 161 g/mol. The smallest absolute Gasteiger partial charge is 0.329 e. The van der Waals surface area contributed by atoms with Crippen molar-refractivity contribution < 1.29 is 9.53 Å². The quantitative estimate of drug-likeness (QED) is 0.375. The molecular formula is C6H15N3O2. The van der Waals surface area contributed by atoms with Gasteiger partial charge in [0.2, 0.25) is 0 Å². The number of urea groups is 1. The second-order valence-electron chi connectivity index (χ2n) is 1.98. The Kier molecular flexibility index (Phi) is 6.76. The van der Waals surface area contributed by atoms with E-state index in [1.165, 1.54) is 0 Å². The van der Waals surface area contributed by atoms with E-state index in [2.05, 4.69) is 16.2 Å². The lowest BCUT2D eigenvalue weighted by molar-refractivity contribution is 0.193. The first-order valence-electron chi connectivity index (χ1n) is 3.50. The minimum Gasteiger partial charge on any atom is -0.385 e. The Morgan fingerprint density at radius 3 is 2.82 bits per heavy atom. The van der Waals surface area contributed by atoms with Gasteiger partial charge in [-0.05, 0) is 6.42 Å². The summed E-state index contributed by atoms with van der Waals surface area (Å²) in [7, 11) is 3.27. The average molecular weight is 161 g/mol. The first kappa shape index (κ1) is 10.2. The van der Waals surface area contributed by atoms with Gasteiger partial charge in [0.25, 0.3) is 0 Å². The summed E-state index contributed by atoms with van der Waals surface area (Å²) < 4.78 is 4.80. The number of carbonyl (C=O) groups is 1. The summed E-state index contributed by atoms with van der Waals surface area (Å²) in [6, 6.07) is -0.219. The minimum absolute atomic E-state index is 0.219. The molecule has 0 aliphatic carbocycles. The van der Waals surface area contributed by atoms with Crippen molar-refractivity contribution in [1.82, 2.24) is 16.2 Å². The molecule has 0 bridgehead atoms. The zero-order chi connectivity index (χ0) is 8.53. The molecule has 0 heterocycles. The second-order valence-corrected chi connectivity index (χ2v) is 1.98. The van der Waals surface area contributed by atoms with E-state index in [9.17, 15) is 4.79 Å². The normalized spacial score (nSPS) is 9.27. The van der Waals surface area contributed by atoms with Crippen molar-refractivity contribution in [3.8, 4) is 0 Å². The van der Waals surface area contributed by atoms with Crippen LogP contribution in [0.1, 0.15) is 6.42 Å². The summed E-state index contributed by atoms with van der Waals surface area (Å²) in [5.41, 5.74) is 4.90. The molecule has 0 aromatic carbocycles. The number of nitrogens with one attached hydrogen (secondary N) is 3. The van der Waals surface area contributed by atoms with Crippen molar-refractivity contribution >= 4 is 6.03 Å². The van der Waals surface area contributed by atoms with Crippen molar-refractivity contribution in [2.45, 2.75) is 6.42 Å². The van der Waals surface area contributed by atoms with Crippen LogP contribution in [0.15, 0.2) is 0 Å². The van der Waals surface area contributed by atoms with Gasteiger partial charge in [-0.3, -0.25) is 5.43 Å². The van der Waals surface area contributed by atoms with Crippen LogP contribution < -0.4 is 16.2 Å². The number of ether oxygens (including phenoxy) is 1. The van der Waals surface area contributed by atoms with Gasteiger partial charge in [-0.25, -0.2) is 10.2 Å². The molecule has 2 amide bonds. The van der Waals surface area contributed by atoms with E-state index in [0.29, 0.717) is 13.2 Å². The first-order chi connectivity index (χ1) is 5.31. The molecule has 0 saturated heterocycles. The molecule has 0 saturated carbocycles. The Morgan fingerprint density at radius 2 is 2.27 bits per heavy atom. The molecule has 0 atom stereocenters. The molecule has 0 aliphatic rings. The molecule has 0 aromatic rings. The lowest BCUT2D eigenvalue weighted by atomic mass is 10.4. The van der Waals surface area contributed by atoms with Crippen LogP contribution in [-0.4, -0.2) is 33.3 Å². The summed E-state index contributed by atoms with van der Waals surface area (Å²) in [6.45, 7) is 1.29. The average Bonchev–Trinajstić information content (AvgIpc) is 1.99. The fraction of sp³-hybridized carbons (Fsp3) is 0.833. The molecule has 0 aromatic heterocycles. The van der Waals surface area contributed by atoms with Crippen molar-refractivity contribution in [2.24, 2.45) is 0 Å². The maximum atomic E-state index is 10.7. The lowest BCUT2D eigenvalue weighted by Crippen LogP contribution is -2.42. The third-order valence-corrected chi connectivity index (χ3v) is 1.05. The number of hydrazine groups is 1. The molecule has 66 valence electrons. The van der Waals surface area contributed by atoms with Gasteiger partial charge >= 0.3 is 6.03 Å². The van der Waals surface area contributed by atoms with Crippen molar-refractivity contribution in [1.29, 1.82) is 0 Å². The predicted octanol–water partition coefficient (Wildman–Crippen LogP) is -0.544. The standard InChI is InChI=1S/C6H15N3O2/c1-7-9-6(10)8-4-3-5-11-2/h7H,3-5H2,1-2H3,(H2,8,9,10). The molecular weight excluding hydrogens is 146 g/mol. The van der Waals surface area contributed by atoms with E-state index in [-0.39, 0.29) is 6.03 Å². The van der Waals surface area contributed by atoms with E-state index in [0.717, 1.165) is 6.42 Å². The summed E-state index contributed by atoms with van der Waals surface area (Å²) >= 11 is 0. The molecule has 5 heteroatoms. The highest BCUT2D eigenvalue weighted by Crippen LogP contribution is 1.75. The number of hydrogen-bond donors (Lipinski definition) is 3. The van der Waals surface area contributed by atoms with Gasteiger partial charge in [0.1, 0.15) is 0 Å². The predicted molar refractivity (Wildman–Crippen MR) is 42.1 cm³/mol. The lowest BCUT2D eigenvalue weighted by Gasteiger charge is -2.04. The molecule has 0 radical (unpaired) electrons. The van der Waals surface area contributed by atoms with E-state index < -0.39 is 0 Å².